The van der Waals surface area contributed by atoms with Gasteiger partial charge < -0.3 is 5.73 Å². The van der Waals surface area contributed by atoms with Crippen molar-refractivity contribution < 1.29 is 8.78 Å². The molecule has 4 heteroatoms. The zero-order chi connectivity index (χ0) is 10.8. The van der Waals surface area contributed by atoms with E-state index in [0.717, 1.165) is 0 Å². The molecule has 0 aromatic heterocycles. The fraction of sp³-hybridized carbons (Fsp3) is 0.400. The molecule has 0 aliphatic carbocycles. The molecule has 14 heavy (non-hydrogen) atoms. The Labute approximate surface area is 86.9 Å². The Morgan fingerprint density at radius 2 is 2.14 bits per heavy atom. The third-order valence-corrected chi connectivity index (χ3v) is 2.31. The topological polar surface area (TPSA) is 26.0 Å². The average Bonchev–Trinajstić information content (AvgIpc) is 2.13. The van der Waals surface area contributed by atoms with E-state index in [1.807, 2.05) is 0 Å². The maximum atomic E-state index is 13.5. The molecule has 1 nitrogen and oxygen atoms in total. The molecule has 0 saturated heterocycles. The smallest absolute Gasteiger partial charge is 0.145 e. The lowest BCUT2D eigenvalue weighted by atomic mass is 9.98. The van der Waals surface area contributed by atoms with Gasteiger partial charge in [-0.25, -0.2) is 8.78 Å². The van der Waals surface area contributed by atoms with Gasteiger partial charge in [0.2, 0.25) is 0 Å². The molecule has 0 fully saturated rings. The van der Waals surface area contributed by atoms with Gasteiger partial charge in [0.15, 0.2) is 0 Å². The molecule has 0 heterocycles. The van der Waals surface area contributed by atoms with Gasteiger partial charge in [0.1, 0.15) is 11.5 Å². The van der Waals surface area contributed by atoms with E-state index in [1.165, 1.54) is 19.1 Å². The van der Waals surface area contributed by atoms with Crippen molar-refractivity contribution in [1.82, 2.24) is 0 Å². The Morgan fingerprint density at radius 1 is 1.50 bits per heavy atom. The molecule has 1 aromatic carbocycles. The van der Waals surface area contributed by atoms with Crippen LogP contribution in [0.2, 0.25) is 5.02 Å². The van der Waals surface area contributed by atoms with Gasteiger partial charge in [-0.1, -0.05) is 23.7 Å². The van der Waals surface area contributed by atoms with Crippen LogP contribution in [-0.2, 0) is 6.42 Å². The summed E-state index contributed by atoms with van der Waals surface area (Å²) in [4.78, 5) is 0. The zero-order valence-electron chi connectivity index (χ0n) is 7.86. The number of benzene rings is 1. The predicted octanol–water partition coefficient (Wildman–Crippen LogP) is 2.71. The van der Waals surface area contributed by atoms with E-state index in [2.05, 4.69) is 0 Å². The summed E-state index contributed by atoms with van der Waals surface area (Å²) in [6.07, 6.45) is -0.0596. The van der Waals surface area contributed by atoms with Crippen molar-refractivity contribution in [2.75, 3.05) is 6.54 Å². The van der Waals surface area contributed by atoms with E-state index in [-0.39, 0.29) is 23.6 Å². The van der Waals surface area contributed by atoms with Crippen LogP contribution in [0.3, 0.4) is 0 Å². The number of halogens is 3. The van der Waals surface area contributed by atoms with Gasteiger partial charge in [0.05, 0.1) is 5.02 Å². The Morgan fingerprint density at radius 3 is 2.71 bits per heavy atom. The van der Waals surface area contributed by atoms with Crippen LogP contribution in [0, 0.1) is 5.82 Å². The summed E-state index contributed by atoms with van der Waals surface area (Å²) in [5.74, 6) is -0.563. The summed E-state index contributed by atoms with van der Waals surface area (Å²) in [6, 6.07) is 4.53. The maximum Gasteiger partial charge on any atom is 0.145 e. The molecule has 0 aliphatic heterocycles. The summed E-state index contributed by atoms with van der Waals surface area (Å²) in [5.41, 5.74) is 3.88. The van der Waals surface area contributed by atoms with Crippen LogP contribution in [0.5, 0.6) is 0 Å². The van der Waals surface area contributed by atoms with Crippen LogP contribution < -0.4 is 5.73 Å². The number of nitrogens with two attached hydrogens (primary N) is 1. The van der Waals surface area contributed by atoms with Crippen molar-refractivity contribution >= 4 is 11.6 Å². The lowest BCUT2D eigenvalue weighted by molar-refractivity contribution is 0.198. The van der Waals surface area contributed by atoms with Crippen molar-refractivity contribution in [3.05, 3.63) is 34.6 Å². The van der Waals surface area contributed by atoms with Crippen molar-refractivity contribution in [3.63, 3.8) is 0 Å². The first-order valence-corrected chi connectivity index (χ1v) is 4.66. The van der Waals surface area contributed by atoms with Crippen LogP contribution in [0.1, 0.15) is 12.5 Å². The molecule has 0 bridgehead atoms. The second-order valence-electron chi connectivity index (χ2n) is 3.51. The number of alkyl halides is 1. The molecule has 1 aromatic rings. The van der Waals surface area contributed by atoms with Gasteiger partial charge in [0, 0.05) is 13.0 Å². The largest absolute Gasteiger partial charge is 0.328 e. The first-order valence-electron chi connectivity index (χ1n) is 4.28. The summed E-state index contributed by atoms with van der Waals surface area (Å²) in [7, 11) is 0. The fourth-order valence-electron chi connectivity index (χ4n) is 1.15. The molecule has 0 saturated carbocycles. The average molecular weight is 220 g/mol. The minimum Gasteiger partial charge on any atom is -0.328 e. The highest BCUT2D eigenvalue weighted by Gasteiger charge is 2.23. The number of hydrogen-bond donors (Lipinski definition) is 1. The van der Waals surface area contributed by atoms with Crippen molar-refractivity contribution in [3.8, 4) is 0 Å². The molecule has 1 atom stereocenters. The maximum absolute atomic E-state index is 13.5. The van der Waals surface area contributed by atoms with Gasteiger partial charge in [0.25, 0.3) is 0 Å². The Bertz CT molecular complexity index is 326. The summed E-state index contributed by atoms with van der Waals surface area (Å²) < 4.78 is 26.8. The predicted molar refractivity (Wildman–Crippen MR) is 53.7 cm³/mol. The van der Waals surface area contributed by atoms with Gasteiger partial charge in [-0.05, 0) is 18.6 Å². The van der Waals surface area contributed by atoms with E-state index in [9.17, 15) is 8.78 Å². The number of rotatable bonds is 3. The summed E-state index contributed by atoms with van der Waals surface area (Å²) in [6.45, 7) is 1.20. The third kappa shape index (κ3) is 2.66. The normalized spacial score (nSPS) is 15.2. The Balaban J connectivity index is 2.92. The minimum atomic E-state index is -1.59. The van der Waals surface area contributed by atoms with Gasteiger partial charge in [-0.3, -0.25) is 0 Å². The SMILES string of the molecule is CC(F)(CN)Cc1cccc(Cl)c1F. The quantitative estimate of drug-likeness (QED) is 0.831. The molecular weight excluding hydrogens is 208 g/mol. The highest BCUT2D eigenvalue weighted by Crippen LogP contribution is 2.23. The van der Waals surface area contributed by atoms with Crippen molar-refractivity contribution in [2.24, 2.45) is 5.73 Å². The van der Waals surface area contributed by atoms with Crippen molar-refractivity contribution in [1.29, 1.82) is 0 Å². The minimum absolute atomic E-state index is 0.00956. The second kappa shape index (κ2) is 4.24. The van der Waals surface area contributed by atoms with Crippen molar-refractivity contribution in [2.45, 2.75) is 19.0 Å². The summed E-state index contributed by atoms with van der Waals surface area (Å²) >= 11 is 5.56. The van der Waals surface area contributed by atoms with Gasteiger partial charge >= 0.3 is 0 Å². The monoisotopic (exact) mass is 219 g/mol. The van der Waals surface area contributed by atoms with Crippen LogP contribution in [0.4, 0.5) is 8.78 Å². The second-order valence-corrected chi connectivity index (χ2v) is 3.91. The van der Waals surface area contributed by atoms with E-state index in [0.29, 0.717) is 0 Å². The summed E-state index contributed by atoms with van der Waals surface area (Å²) in [5, 5.41) is 0.00956. The molecule has 0 aliphatic rings. The van der Waals surface area contributed by atoms with Crippen LogP contribution >= 0.6 is 11.6 Å². The molecule has 1 unspecified atom stereocenters. The fourth-order valence-corrected chi connectivity index (χ4v) is 1.35. The van der Waals surface area contributed by atoms with Crippen LogP contribution in [0.15, 0.2) is 18.2 Å². The first kappa shape index (κ1) is 11.4. The van der Waals surface area contributed by atoms with Gasteiger partial charge in [-0.2, -0.15) is 0 Å². The highest BCUT2D eigenvalue weighted by molar-refractivity contribution is 6.30. The standard InChI is InChI=1S/C10H12ClF2N/c1-10(13,6-14)5-7-3-2-4-8(11)9(7)12/h2-4H,5-6,14H2,1H3. The Kier molecular flexibility index (Phi) is 3.45. The molecule has 1 rings (SSSR count). The van der Waals surface area contributed by atoms with E-state index in [1.54, 1.807) is 6.07 Å². The molecule has 0 spiro atoms. The molecule has 0 radical (unpaired) electrons. The molecule has 2 N–H and O–H groups in total. The third-order valence-electron chi connectivity index (χ3n) is 2.02. The lowest BCUT2D eigenvalue weighted by Crippen LogP contribution is -2.32. The molecule has 78 valence electrons. The molecule has 0 amide bonds. The molecular formula is C10H12ClF2N. The lowest BCUT2D eigenvalue weighted by Gasteiger charge is -2.18. The first-order chi connectivity index (χ1) is 6.46. The van der Waals surface area contributed by atoms with Crippen LogP contribution in [0.25, 0.3) is 0 Å². The van der Waals surface area contributed by atoms with Gasteiger partial charge in [-0.15, -0.1) is 0 Å². The highest BCUT2D eigenvalue weighted by atomic mass is 35.5. The zero-order valence-corrected chi connectivity index (χ0v) is 8.61. The van der Waals surface area contributed by atoms with Crippen LogP contribution in [-0.4, -0.2) is 12.2 Å². The van der Waals surface area contributed by atoms with E-state index in [4.69, 9.17) is 17.3 Å². The van der Waals surface area contributed by atoms with E-state index < -0.39 is 11.5 Å². The number of hydrogen-bond acceptors (Lipinski definition) is 1. The van der Waals surface area contributed by atoms with E-state index >= 15 is 0 Å². The Hall–Kier alpha value is -0.670.